The summed E-state index contributed by atoms with van der Waals surface area (Å²) < 4.78 is 9.79. The van der Waals surface area contributed by atoms with E-state index in [0.717, 1.165) is 32.4 Å². The highest BCUT2D eigenvalue weighted by atomic mass is 16.5. The van der Waals surface area contributed by atoms with E-state index in [1.807, 2.05) is 0 Å². The summed E-state index contributed by atoms with van der Waals surface area (Å²) in [6.45, 7) is 4.16. The second-order valence-electron chi connectivity index (χ2n) is 6.03. The van der Waals surface area contributed by atoms with Crippen molar-refractivity contribution in [1.29, 1.82) is 0 Å². The highest BCUT2D eigenvalue weighted by Gasteiger charge is 2.30. The number of hydrogen-bond acceptors (Lipinski definition) is 5. The zero-order chi connectivity index (χ0) is 15.7. The quantitative estimate of drug-likeness (QED) is 0.650. The topological polar surface area (TPSA) is 76.7 Å². The number of rotatable bonds is 8. The second-order valence-corrected chi connectivity index (χ2v) is 6.03. The minimum absolute atomic E-state index is 0.0306. The van der Waals surface area contributed by atoms with Crippen molar-refractivity contribution < 1.29 is 19.1 Å². The van der Waals surface area contributed by atoms with Crippen molar-refractivity contribution in [2.24, 2.45) is 5.92 Å². The first kappa shape index (κ1) is 17.9. The largest absolute Gasteiger partial charge is 0.469 e. The highest BCUT2D eigenvalue weighted by molar-refractivity contribution is 5.78. The van der Waals surface area contributed by atoms with Gasteiger partial charge in [-0.1, -0.05) is 0 Å². The average Bonchev–Trinajstić information content (AvgIpc) is 2.46. The first-order valence-electron chi connectivity index (χ1n) is 7.56. The molecule has 6 heteroatoms. The van der Waals surface area contributed by atoms with Gasteiger partial charge in [0.15, 0.2) is 0 Å². The predicted molar refractivity (Wildman–Crippen MR) is 79.9 cm³/mol. The molecule has 1 unspecified atom stereocenters. The van der Waals surface area contributed by atoms with E-state index in [1.54, 1.807) is 14.0 Å². The minimum Gasteiger partial charge on any atom is -0.469 e. The molecule has 1 rings (SSSR count). The van der Waals surface area contributed by atoms with Crippen molar-refractivity contribution in [3.8, 4) is 0 Å². The number of ether oxygens (including phenoxy) is 2. The van der Waals surface area contributed by atoms with Gasteiger partial charge in [-0.25, -0.2) is 0 Å². The number of esters is 1. The van der Waals surface area contributed by atoms with E-state index in [1.165, 1.54) is 7.11 Å². The Labute approximate surface area is 126 Å². The molecule has 1 aliphatic heterocycles. The van der Waals surface area contributed by atoms with E-state index >= 15 is 0 Å². The standard InChI is InChI=1S/C15H28N2O4/c1-15(11-20-2,10-14(19)21-3)17-13(18)5-4-12-6-8-16-9-7-12/h12,16H,4-11H2,1-3H3,(H,17,18). The number of piperidine rings is 1. The molecule has 1 amide bonds. The van der Waals surface area contributed by atoms with Gasteiger partial charge in [-0.3, -0.25) is 9.59 Å². The molecule has 0 aromatic carbocycles. The Hall–Kier alpha value is -1.14. The molecule has 0 saturated carbocycles. The summed E-state index contributed by atoms with van der Waals surface area (Å²) in [5, 5.41) is 6.24. The fourth-order valence-electron chi connectivity index (χ4n) is 2.75. The molecule has 0 aromatic heterocycles. The fourth-order valence-corrected chi connectivity index (χ4v) is 2.75. The number of carbonyl (C=O) groups is 2. The van der Waals surface area contributed by atoms with Crippen LogP contribution in [-0.2, 0) is 19.1 Å². The van der Waals surface area contributed by atoms with Crippen LogP contribution in [0.3, 0.4) is 0 Å². The summed E-state index contributed by atoms with van der Waals surface area (Å²) in [5.74, 6) is 0.233. The number of amides is 1. The normalized spacial score (nSPS) is 18.8. The van der Waals surface area contributed by atoms with Gasteiger partial charge in [0, 0.05) is 13.5 Å². The molecule has 1 atom stereocenters. The molecule has 0 aliphatic carbocycles. The number of carbonyl (C=O) groups excluding carboxylic acids is 2. The van der Waals surface area contributed by atoms with Crippen LogP contribution in [0.4, 0.5) is 0 Å². The lowest BCUT2D eigenvalue weighted by molar-refractivity contribution is -0.143. The molecule has 122 valence electrons. The van der Waals surface area contributed by atoms with Gasteiger partial charge < -0.3 is 20.1 Å². The van der Waals surface area contributed by atoms with E-state index in [-0.39, 0.29) is 24.9 Å². The monoisotopic (exact) mass is 300 g/mol. The van der Waals surface area contributed by atoms with Crippen LogP contribution in [0.5, 0.6) is 0 Å². The third kappa shape index (κ3) is 6.91. The van der Waals surface area contributed by atoms with Crippen LogP contribution in [0.1, 0.15) is 39.0 Å². The minimum atomic E-state index is -0.715. The van der Waals surface area contributed by atoms with Gasteiger partial charge in [0.1, 0.15) is 0 Å². The van der Waals surface area contributed by atoms with Crippen molar-refractivity contribution in [1.82, 2.24) is 10.6 Å². The number of nitrogens with one attached hydrogen (secondary N) is 2. The number of methoxy groups -OCH3 is 2. The summed E-state index contributed by atoms with van der Waals surface area (Å²) in [4.78, 5) is 23.6. The van der Waals surface area contributed by atoms with Crippen molar-refractivity contribution in [3.05, 3.63) is 0 Å². The van der Waals surface area contributed by atoms with Gasteiger partial charge in [-0.05, 0) is 45.2 Å². The van der Waals surface area contributed by atoms with E-state index in [2.05, 4.69) is 15.4 Å². The van der Waals surface area contributed by atoms with E-state index in [9.17, 15) is 9.59 Å². The molecule has 0 aromatic rings. The van der Waals surface area contributed by atoms with Crippen LogP contribution >= 0.6 is 0 Å². The lowest BCUT2D eigenvalue weighted by atomic mass is 9.92. The Balaban J connectivity index is 2.41. The second kappa shape index (κ2) is 9.00. The van der Waals surface area contributed by atoms with E-state index < -0.39 is 5.54 Å². The first-order chi connectivity index (χ1) is 9.99. The van der Waals surface area contributed by atoms with Crippen LogP contribution in [0.25, 0.3) is 0 Å². The molecule has 6 nitrogen and oxygen atoms in total. The van der Waals surface area contributed by atoms with Crippen LogP contribution < -0.4 is 10.6 Å². The molecule has 1 aliphatic rings. The summed E-state index contributed by atoms with van der Waals surface area (Å²) in [7, 11) is 2.89. The fraction of sp³-hybridized carbons (Fsp3) is 0.867. The lowest BCUT2D eigenvalue weighted by Crippen LogP contribution is -2.51. The van der Waals surface area contributed by atoms with Gasteiger partial charge >= 0.3 is 5.97 Å². The smallest absolute Gasteiger partial charge is 0.307 e. The highest BCUT2D eigenvalue weighted by Crippen LogP contribution is 2.18. The van der Waals surface area contributed by atoms with Crippen LogP contribution in [0.2, 0.25) is 0 Å². The maximum Gasteiger partial charge on any atom is 0.307 e. The third-order valence-corrected chi connectivity index (χ3v) is 3.90. The SMILES string of the molecule is COCC(C)(CC(=O)OC)NC(=O)CCC1CCNCC1. The summed E-state index contributed by atoms with van der Waals surface area (Å²) in [6.07, 6.45) is 3.76. The Morgan fingerprint density at radius 1 is 1.29 bits per heavy atom. The Morgan fingerprint density at radius 2 is 1.95 bits per heavy atom. The maximum absolute atomic E-state index is 12.1. The van der Waals surface area contributed by atoms with Crippen molar-refractivity contribution in [2.75, 3.05) is 33.9 Å². The number of hydrogen-bond donors (Lipinski definition) is 2. The molecule has 1 saturated heterocycles. The summed E-state index contributed by atoms with van der Waals surface area (Å²) in [6, 6.07) is 0. The summed E-state index contributed by atoms with van der Waals surface area (Å²) >= 11 is 0. The molecular weight excluding hydrogens is 272 g/mol. The van der Waals surface area contributed by atoms with Gasteiger partial charge in [0.25, 0.3) is 0 Å². The lowest BCUT2D eigenvalue weighted by Gasteiger charge is -2.29. The Morgan fingerprint density at radius 3 is 2.52 bits per heavy atom. The molecular formula is C15H28N2O4. The molecule has 1 heterocycles. The van der Waals surface area contributed by atoms with Gasteiger partial charge in [-0.2, -0.15) is 0 Å². The van der Waals surface area contributed by atoms with Crippen molar-refractivity contribution in [2.45, 2.75) is 44.6 Å². The van der Waals surface area contributed by atoms with Crippen LogP contribution in [-0.4, -0.2) is 51.3 Å². The first-order valence-corrected chi connectivity index (χ1v) is 7.56. The van der Waals surface area contributed by atoms with Gasteiger partial charge in [0.2, 0.25) is 5.91 Å². The average molecular weight is 300 g/mol. The molecule has 0 spiro atoms. The zero-order valence-electron chi connectivity index (χ0n) is 13.4. The molecule has 0 bridgehead atoms. The van der Waals surface area contributed by atoms with Crippen molar-refractivity contribution >= 4 is 11.9 Å². The van der Waals surface area contributed by atoms with E-state index in [4.69, 9.17) is 4.74 Å². The Kier molecular flexibility index (Phi) is 7.67. The van der Waals surface area contributed by atoms with Crippen LogP contribution in [0, 0.1) is 5.92 Å². The Bertz CT molecular complexity index is 343. The third-order valence-electron chi connectivity index (χ3n) is 3.90. The molecule has 2 N–H and O–H groups in total. The zero-order valence-corrected chi connectivity index (χ0v) is 13.4. The molecule has 1 fully saturated rings. The predicted octanol–water partition coefficient (Wildman–Crippen LogP) is 0.851. The van der Waals surface area contributed by atoms with Gasteiger partial charge in [0.05, 0.1) is 25.7 Å². The molecule has 21 heavy (non-hydrogen) atoms. The van der Waals surface area contributed by atoms with E-state index in [0.29, 0.717) is 12.3 Å². The maximum atomic E-state index is 12.1. The molecule has 0 radical (unpaired) electrons. The van der Waals surface area contributed by atoms with Crippen LogP contribution in [0.15, 0.2) is 0 Å². The summed E-state index contributed by atoms with van der Waals surface area (Å²) in [5.41, 5.74) is -0.715. The van der Waals surface area contributed by atoms with Gasteiger partial charge in [-0.15, -0.1) is 0 Å². The van der Waals surface area contributed by atoms with Crippen molar-refractivity contribution in [3.63, 3.8) is 0 Å².